The summed E-state index contributed by atoms with van der Waals surface area (Å²) in [6.45, 7) is 1.92. The number of cyclic esters (lactones) is 1. The highest BCUT2D eigenvalue weighted by Gasteiger charge is 2.21. The molecule has 0 unspecified atom stereocenters. The van der Waals surface area contributed by atoms with Gasteiger partial charge in [0.05, 0.1) is 13.2 Å². The van der Waals surface area contributed by atoms with E-state index in [1.165, 1.54) is 25.7 Å². The molecule has 1 aromatic carbocycles. The Morgan fingerprint density at radius 1 is 1.16 bits per heavy atom. The number of allylic oxidation sites excluding steroid dienone is 1. The second kappa shape index (κ2) is 11.4. The van der Waals surface area contributed by atoms with Crippen LogP contribution in [0.4, 0.5) is 0 Å². The maximum Gasteiger partial charge on any atom is 0.373 e. The first-order valence-electron chi connectivity index (χ1n) is 11.0. The lowest BCUT2D eigenvalue weighted by atomic mass is 10.0. The molecule has 32 heavy (non-hydrogen) atoms. The van der Waals surface area contributed by atoms with Gasteiger partial charge >= 0.3 is 11.9 Å². The Bertz CT molecular complexity index is 957. The molecular weight excluding hydrogens is 412 g/mol. The van der Waals surface area contributed by atoms with E-state index >= 15 is 0 Å². The predicted molar refractivity (Wildman–Crippen MR) is 119 cm³/mol. The van der Waals surface area contributed by atoms with Crippen molar-refractivity contribution in [2.45, 2.75) is 64.6 Å². The number of aromatic hydroxyl groups is 1. The maximum absolute atomic E-state index is 12.8. The zero-order valence-corrected chi connectivity index (χ0v) is 18.6. The van der Waals surface area contributed by atoms with Crippen LogP contribution in [0.5, 0.6) is 11.5 Å². The number of phenols is 1. The van der Waals surface area contributed by atoms with Gasteiger partial charge in [0, 0.05) is 6.07 Å². The Labute approximate surface area is 188 Å². The van der Waals surface area contributed by atoms with Crippen LogP contribution in [0.25, 0.3) is 6.08 Å². The number of fused-ring (bicyclic) bond motifs is 1. The summed E-state index contributed by atoms with van der Waals surface area (Å²) in [7, 11) is 1.28. The number of methoxy groups -OCH3 is 1. The number of hydrogen-bond acceptors (Lipinski definition) is 7. The molecule has 3 rings (SSSR count). The fraction of sp³-hybridized carbons (Fsp3) is 0.440. The highest BCUT2D eigenvalue weighted by Crippen LogP contribution is 2.31. The normalized spacial score (nSPS) is 18.7. The van der Waals surface area contributed by atoms with Crippen molar-refractivity contribution in [3.8, 4) is 11.5 Å². The van der Waals surface area contributed by atoms with E-state index < -0.39 is 11.9 Å². The highest BCUT2D eigenvalue weighted by molar-refractivity contribution is 5.97. The summed E-state index contributed by atoms with van der Waals surface area (Å²) in [5.74, 6) is -0.457. The van der Waals surface area contributed by atoms with Gasteiger partial charge in [-0.3, -0.25) is 0 Å². The third kappa shape index (κ3) is 6.39. The van der Waals surface area contributed by atoms with E-state index in [-0.39, 0.29) is 29.8 Å². The van der Waals surface area contributed by atoms with Gasteiger partial charge in [0.15, 0.2) is 0 Å². The summed E-state index contributed by atoms with van der Waals surface area (Å²) in [5.41, 5.74) is 0.660. The molecular formula is C25H30O7. The molecule has 1 aromatic heterocycles. The van der Waals surface area contributed by atoms with E-state index in [1.807, 2.05) is 19.1 Å². The van der Waals surface area contributed by atoms with E-state index in [0.717, 1.165) is 38.5 Å². The quantitative estimate of drug-likeness (QED) is 0.611. The maximum atomic E-state index is 12.8. The van der Waals surface area contributed by atoms with Gasteiger partial charge in [-0.2, -0.15) is 0 Å². The van der Waals surface area contributed by atoms with Gasteiger partial charge in [0.25, 0.3) is 0 Å². The van der Waals surface area contributed by atoms with Crippen molar-refractivity contribution in [3.63, 3.8) is 0 Å². The molecule has 0 radical (unpaired) electrons. The highest BCUT2D eigenvalue weighted by atomic mass is 16.5. The van der Waals surface area contributed by atoms with Crippen LogP contribution in [0.2, 0.25) is 0 Å². The summed E-state index contributed by atoms with van der Waals surface area (Å²) < 4.78 is 21.3. The minimum atomic E-state index is -0.571. The zero-order valence-electron chi connectivity index (χ0n) is 18.6. The van der Waals surface area contributed by atoms with E-state index in [0.29, 0.717) is 17.1 Å². The summed E-state index contributed by atoms with van der Waals surface area (Å²) in [5, 5.41) is 10.6. The molecule has 7 nitrogen and oxygen atoms in total. The molecule has 2 aromatic rings. The van der Waals surface area contributed by atoms with Crippen LogP contribution in [0.15, 0.2) is 34.8 Å². The molecule has 1 N–H and O–H groups in total. The van der Waals surface area contributed by atoms with Crippen molar-refractivity contribution in [1.29, 1.82) is 0 Å². The molecule has 0 fully saturated rings. The second-order valence-corrected chi connectivity index (χ2v) is 7.92. The lowest BCUT2D eigenvalue weighted by molar-refractivity contribution is 0.0315. The summed E-state index contributed by atoms with van der Waals surface area (Å²) in [6.07, 6.45) is 10.8. The van der Waals surface area contributed by atoms with Crippen LogP contribution in [0, 0.1) is 0 Å². The van der Waals surface area contributed by atoms with Crippen molar-refractivity contribution in [3.05, 3.63) is 53.0 Å². The predicted octanol–water partition coefficient (Wildman–Crippen LogP) is 5.65. The van der Waals surface area contributed by atoms with Crippen molar-refractivity contribution in [1.82, 2.24) is 0 Å². The smallest absolute Gasteiger partial charge is 0.373 e. The molecule has 1 aliphatic heterocycles. The minimum Gasteiger partial charge on any atom is -0.507 e. The Morgan fingerprint density at radius 2 is 1.94 bits per heavy atom. The Hall–Kier alpha value is -3.22. The molecule has 0 aliphatic carbocycles. The van der Waals surface area contributed by atoms with Gasteiger partial charge in [-0.15, -0.1) is 0 Å². The molecule has 1 aliphatic rings. The lowest BCUT2D eigenvalue weighted by Gasteiger charge is -2.16. The minimum absolute atomic E-state index is 0.0421. The molecule has 7 heteroatoms. The molecule has 0 bridgehead atoms. The Balaban J connectivity index is 1.80. The number of furan rings is 1. The lowest BCUT2D eigenvalue weighted by Crippen LogP contribution is -2.16. The number of phenolic OH excluding ortho intramolecular Hbond substituents is 1. The van der Waals surface area contributed by atoms with Gasteiger partial charge in [-0.25, -0.2) is 9.59 Å². The van der Waals surface area contributed by atoms with E-state index in [1.54, 1.807) is 12.1 Å². The average Bonchev–Trinajstić information content (AvgIpc) is 3.24. The van der Waals surface area contributed by atoms with Crippen molar-refractivity contribution < 1.29 is 33.3 Å². The van der Waals surface area contributed by atoms with E-state index in [2.05, 4.69) is 4.74 Å². The molecule has 0 spiro atoms. The van der Waals surface area contributed by atoms with Crippen LogP contribution in [0.1, 0.15) is 84.1 Å². The molecule has 2 heterocycles. The molecule has 172 valence electrons. The fourth-order valence-electron chi connectivity index (χ4n) is 3.61. The van der Waals surface area contributed by atoms with Gasteiger partial charge in [0.2, 0.25) is 5.76 Å². The Morgan fingerprint density at radius 3 is 2.75 bits per heavy atom. The van der Waals surface area contributed by atoms with E-state index in [9.17, 15) is 14.7 Å². The largest absolute Gasteiger partial charge is 0.507 e. The Kier molecular flexibility index (Phi) is 8.36. The third-order valence-electron chi connectivity index (χ3n) is 5.34. The van der Waals surface area contributed by atoms with Crippen LogP contribution in [-0.2, 0) is 16.1 Å². The standard InChI is InChI=1S/C25H30O7/c1-17-10-8-6-4-3-5-7-9-11-18-14-20(15-21(26)23(18)25(28)31-17)30-16-19-12-13-22(32-19)24(27)29-2/h9,11-15,17,26H,3-8,10,16H2,1-2H3/b11-9+/t17-/m1/s1. The van der Waals surface area contributed by atoms with E-state index in [4.69, 9.17) is 13.9 Å². The number of esters is 2. The first-order valence-corrected chi connectivity index (χ1v) is 11.0. The molecule has 1 atom stereocenters. The van der Waals surface area contributed by atoms with Gasteiger partial charge in [-0.1, -0.05) is 31.4 Å². The van der Waals surface area contributed by atoms with Crippen molar-refractivity contribution >= 4 is 18.0 Å². The average molecular weight is 443 g/mol. The number of rotatable bonds is 4. The van der Waals surface area contributed by atoms with Gasteiger partial charge in [-0.05, 0) is 56.4 Å². The van der Waals surface area contributed by atoms with Crippen molar-refractivity contribution in [2.24, 2.45) is 0 Å². The van der Waals surface area contributed by atoms with Crippen LogP contribution in [0.3, 0.4) is 0 Å². The zero-order chi connectivity index (χ0) is 22.9. The number of ether oxygens (including phenoxy) is 3. The SMILES string of the molecule is COC(=O)c1ccc(COc2cc(O)c3c(c2)/C=C/CCCCCCC[C@@H](C)OC3=O)o1. The molecule has 0 amide bonds. The first kappa shape index (κ1) is 23.4. The number of carbonyl (C=O) groups excluding carboxylic acids is 2. The van der Waals surface area contributed by atoms with Crippen LogP contribution >= 0.6 is 0 Å². The van der Waals surface area contributed by atoms with Gasteiger partial charge in [0.1, 0.15) is 29.4 Å². The number of benzene rings is 1. The number of hydrogen-bond donors (Lipinski definition) is 1. The summed E-state index contributed by atoms with van der Waals surface area (Å²) >= 11 is 0. The fourth-order valence-corrected chi connectivity index (χ4v) is 3.61. The second-order valence-electron chi connectivity index (χ2n) is 7.92. The molecule has 0 saturated carbocycles. The topological polar surface area (TPSA) is 95.2 Å². The van der Waals surface area contributed by atoms with Crippen molar-refractivity contribution in [2.75, 3.05) is 7.11 Å². The first-order chi connectivity index (χ1) is 15.5. The number of carbonyl (C=O) groups is 2. The summed E-state index contributed by atoms with van der Waals surface area (Å²) in [6, 6.07) is 6.19. The van der Waals surface area contributed by atoms with Crippen LogP contribution in [-0.4, -0.2) is 30.3 Å². The summed E-state index contributed by atoms with van der Waals surface area (Å²) in [4.78, 5) is 24.3. The van der Waals surface area contributed by atoms with Crippen LogP contribution < -0.4 is 4.74 Å². The third-order valence-corrected chi connectivity index (χ3v) is 5.34. The van der Waals surface area contributed by atoms with Gasteiger partial charge < -0.3 is 23.7 Å². The monoisotopic (exact) mass is 442 g/mol. The molecule has 0 saturated heterocycles.